The summed E-state index contributed by atoms with van der Waals surface area (Å²) < 4.78 is 4.52. The van der Waals surface area contributed by atoms with E-state index < -0.39 is 12.2 Å². The number of aromatic amines is 1. The van der Waals surface area contributed by atoms with Crippen LogP contribution in [-0.2, 0) is 4.74 Å². The second kappa shape index (κ2) is 5.87. The molecule has 6 heteroatoms. The average Bonchev–Trinajstić information content (AvgIpc) is 2.96. The highest BCUT2D eigenvalue weighted by Gasteiger charge is 2.12. The van der Waals surface area contributed by atoms with E-state index in [0.717, 1.165) is 16.6 Å². The molecule has 1 atom stereocenters. The molecule has 1 amide bonds. The van der Waals surface area contributed by atoms with Crippen LogP contribution in [0.25, 0.3) is 11.0 Å². The molecule has 0 aliphatic heterocycles. The number of hydrogen-bond donors (Lipinski definition) is 3. The van der Waals surface area contributed by atoms with E-state index in [-0.39, 0.29) is 0 Å². The number of benzene rings is 2. The van der Waals surface area contributed by atoms with Crippen molar-refractivity contribution in [3.63, 3.8) is 0 Å². The van der Waals surface area contributed by atoms with Gasteiger partial charge in [-0.25, -0.2) is 9.78 Å². The van der Waals surface area contributed by atoms with Gasteiger partial charge < -0.3 is 14.8 Å². The zero-order valence-electron chi connectivity index (χ0n) is 11.9. The van der Waals surface area contributed by atoms with Crippen LogP contribution in [0.2, 0.25) is 0 Å². The van der Waals surface area contributed by atoms with E-state index in [1.165, 1.54) is 7.11 Å². The van der Waals surface area contributed by atoms with E-state index in [4.69, 9.17) is 0 Å². The quantitative estimate of drug-likeness (QED) is 0.693. The van der Waals surface area contributed by atoms with E-state index >= 15 is 0 Å². The molecule has 0 fully saturated rings. The molecule has 1 aromatic heterocycles. The molecule has 3 aromatic rings. The summed E-state index contributed by atoms with van der Waals surface area (Å²) in [5, 5.41) is 12.9. The minimum atomic E-state index is -0.717. The van der Waals surface area contributed by atoms with Gasteiger partial charge in [0.25, 0.3) is 0 Å². The molecule has 0 bridgehead atoms. The van der Waals surface area contributed by atoms with Gasteiger partial charge in [0.1, 0.15) is 6.10 Å². The summed E-state index contributed by atoms with van der Waals surface area (Å²) in [6.07, 6.45) is -1.31. The Hall–Kier alpha value is -2.86. The Balaban J connectivity index is 1.91. The molecular weight excluding hydrogens is 282 g/mol. The fourth-order valence-corrected chi connectivity index (χ4v) is 2.23. The molecule has 1 heterocycles. The number of methoxy groups -OCH3 is 1. The van der Waals surface area contributed by atoms with Crippen LogP contribution in [0.1, 0.15) is 17.2 Å². The lowest BCUT2D eigenvalue weighted by Gasteiger charge is -2.11. The first kappa shape index (κ1) is 14.1. The van der Waals surface area contributed by atoms with Gasteiger partial charge in [-0.05, 0) is 23.3 Å². The number of rotatable bonds is 3. The summed E-state index contributed by atoms with van der Waals surface area (Å²) in [6.45, 7) is 0. The van der Waals surface area contributed by atoms with Gasteiger partial charge in [-0.15, -0.1) is 0 Å². The van der Waals surface area contributed by atoms with E-state index in [1.807, 2.05) is 42.5 Å². The monoisotopic (exact) mass is 297 g/mol. The number of nitrogens with one attached hydrogen (secondary N) is 2. The molecule has 0 spiro atoms. The van der Waals surface area contributed by atoms with E-state index in [1.54, 1.807) is 6.07 Å². The maximum absolute atomic E-state index is 11.2. The van der Waals surface area contributed by atoms with Crippen LogP contribution in [0, 0.1) is 0 Å². The van der Waals surface area contributed by atoms with Crippen molar-refractivity contribution < 1.29 is 14.6 Å². The summed E-state index contributed by atoms with van der Waals surface area (Å²) >= 11 is 0. The lowest BCUT2D eigenvalue weighted by molar-refractivity contribution is 0.186. The Morgan fingerprint density at radius 1 is 1.23 bits per heavy atom. The number of amides is 1. The number of anilines is 1. The molecule has 0 saturated carbocycles. The van der Waals surface area contributed by atoms with Gasteiger partial charge in [-0.2, -0.15) is 0 Å². The normalized spacial score (nSPS) is 12.1. The fraction of sp³-hybridized carbons (Fsp3) is 0.125. The highest BCUT2D eigenvalue weighted by Crippen LogP contribution is 2.25. The number of ether oxygens (including phenoxy) is 1. The van der Waals surface area contributed by atoms with E-state index in [9.17, 15) is 9.90 Å². The SMILES string of the molecule is COC(=O)Nc1nc2ccc([C@@H](O)c3ccccc3)cc2[nH]1. The molecule has 0 radical (unpaired) electrons. The molecule has 3 N–H and O–H groups in total. The highest BCUT2D eigenvalue weighted by atomic mass is 16.5. The van der Waals surface area contributed by atoms with Crippen LogP contribution < -0.4 is 5.32 Å². The Labute approximate surface area is 126 Å². The number of aliphatic hydroxyl groups excluding tert-OH is 1. The van der Waals surface area contributed by atoms with Crippen molar-refractivity contribution >= 4 is 23.1 Å². The summed E-state index contributed by atoms with van der Waals surface area (Å²) in [4.78, 5) is 18.4. The van der Waals surface area contributed by atoms with Crippen molar-refractivity contribution in [3.05, 3.63) is 59.7 Å². The number of imidazole rings is 1. The minimum Gasteiger partial charge on any atom is -0.453 e. The van der Waals surface area contributed by atoms with Crippen LogP contribution in [0.3, 0.4) is 0 Å². The smallest absolute Gasteiger partial charge is 0.413 e. The average molecular weight is 297 g/mol. The fourth-order valence-electron chi connectivity index (χ4n) is 2.23. The van der Waals surface area contributed by atoms with Crippen LogP contribution in [-0.4, -0.2) is 28.3 Å². The molecule has 0 unspecified atom stereocenters. The molecule has 22 heavy (non-hydrogen) atoms. The lowest BCUT2D eigenvalue weighted by atomic mass is 10.0. The molecule has 6 nitrogen and oxygen atoms in total. The van der Waals surface area contributed by atoms with Crippen molar-refractivity contribution in [3.8, 4) is 0 Å². The Morgan fingerprint density at radius 2 is 2.00 bits per heavy atom. The third-order valence-electron chi connectivity index (χ3n) is 3.34. The van der Waals surface area contributed by atoms with Crippen LogP contribution >= 0.6 is 0 Å². The Kier molecular flexibility index (Phi) is 3.76. The van der Waals surface area contributed by atoms with Gasteiger partial charge >= 0.3 is 6.09 Å². The number of carbonyl (C=O) groups is 1. The first-order valence-corrected chi connectivity index (χ1v) is 6.75. The van der Waals surface area contributed by atoms with E-state index in [0.29, 0.717) is 11.5 Å². The zero-order valence-corrected chi connectivity index (χ0v) is 11.9. The van der Waals surface area contributed by atoms with E-state index in [2.05, 4.69) is 20.0 Å². The Morgan fingerprint density at radius 3 is 2.73 bits per heavy atom. The van der Waals surface area contributed by atoms with Gasteiger partial charge in [0, 0.05) is 0 Å². The predicted molar refractivity (Wildman–Crippen MR) is 82.6 cm³/mol. The number of aromatic nitrogens is 2. The van der Waals surface area contributed by atoms with Crippen molar-refractivity contribution in [2.45, 2.75) is 6.10 Å². The molecule has 2 aromatic carbocycles. The van der Waals surface area contributed by atoms with Crippen molar-refractivity contribution in [2.24, 2.45) is 0 Å². The van der Waals surface area contributed by atoms with Gasteiger partial charge in [0.15, 0.2) is 0 Å². The second-order valence-electron chi connectivity index (χ2n) is 4.79. The zero-order chi connectivity index (χ0) is 15.5. The van der Waals surface area contributed by atoms with Crippen molar-refractivity contribution in [2.75, 3.05) is 12.4 Å². The van der Waals surface area contributed by atoms with Crippen molar-refractivity contribution in [1.82, 2.24) is 9.97 Å². The minimum absolute atomic E-state index is 0.299. The largest absolute Gasteiger partial charge is 0.453 e. The van der Waals surface area contributed by atoms with Gasteiger partial charge in [0.2, 0.25) is 5.95 Å². The Bertz CT molecular complexity index is 799. The second-order valence-corrected chi connectivity index (χ2v) is 4.79. The highest BCUT2D eigenvalue weighted by molar-refractivity contribution is 5.86. The van der Waals surface area contributed by atoms with Crippen LogP contribution in [0.4, 0.5) is 10.7 Å². The number of nitrogens with zero attached hydrogens (tertiary/aromatic N) is 1. The predicted octanol–water partition coefficient (Wildman–Crippen LogP) is 2.82. The molecule has 0 aliphatic rings. The summed E-state index contributed by atoms with van der Waals surface area (Å²) in [5.41, 5.74) is 2.97. The summed E-state index contributed by atoms with van der Waals surface area (Å²) in [6, 6.07) is 14.8. The lowest BCUT2D eigenvalue weighted by Crippen LogP contribution is -2.11. The summed E-state index contributed by atoms with van der Waals surface area (Å²) in [7, 11) is 1.28. The first-order chi connectivity index (χ1) is 10.7. The van der Waals surface area contributed by atoms with Gasteiger partial charge in [0.05, 0.1) is 18.1 Å². The number of hydrogen-bond acceptors (Lipinski definition) is 4. The molecule has 0 aliphatic carbocycles. The van der Waals surface area contributed by atoms with Crippen LogP contribution in [0.5, 0.6) is 0 Å². The van der Waals surface area contributed by atoms with Gasteiger partial charge in [-0.1, -0.05) is 36.4 Å². The number of carbonyl (C=O) groups excluding carboxylic acids is 1. The number of H-pyrrole nitrogens is 1. The van der Waals surface area contributed by atoms with Crippen molar-refractivity contribution in [1.29, 1.82) is 0 Å². The summed E-state index contributed by atoms with van der Waals surface area (Å²) in [5.74, 6) is 0.299. The molecular formula is C16H15N3O3. The molecule has 112 valence electrons. The maximum Gasteiger partial charge on any atom is 0.413 e. The number of aliphatic hydroxyl groups is 1. The topological polar surface area (TPSA) is 87.2 Å². The van der Waals surface area contributed by atoms with Gasteiger partial charge in [-0.3, -0.25) is 5.32 Å². The standard InChI is InChI=1S/C16H15N3O3/c1-22-16(21)19-15-17-12-8-7-11(9-13(12)18-15)14(20)10-5-3-2-4-6-10/h2-9,14,20H,1H3,(H2,17,18,19,21)/t14-/m0/s1. The van der Waals surface area contributed by atoms with Crippen LogP contribution in [0.15, 0.2) is 48.5 Å². The number of fused-ring (bicyclic) bond motifs is 1. The first-order valence-electron chi connectivity index (χ1n) is 6.75. The maximum atomic E-state index is 11.2. The molecule has 0 saturated heterocycles. The third kappa shape index (κ3) is 2.77. The third-order valence-corrected chi connectivity index (χ3v) is 3.34. The molecule has 3 rings (SSSR count).